The summed E-state index contributed by atoms with van der Waals surface area (Å²) < 4.78 is 12.9. The Morgan fingerprint density at radius 2 is 1.85 bits per heavy atom. The number of allylic oxidation sites excluding steroid dienone is 5. The summed E-state index contributed by atoms with van der Waals surface area (Å²) in [5, 5.41) is 0. The fourth-order valence-electron chi connectivity index (χ4n) is 1.92. The molecule has 1 nitrogen and oxygen atoms in total. The van der Waals surface area contributed by atoms with Gasteiger partial charge in [0.15, 0.2) is 12.1 Å². The summed E-state index contributed by atoms with van der Waals surface area (Å²) in [7, 11) is 0. The summed E-state index contributed by atoms with van der Waals surface area (Å²) >= 11 is 0. The Labute approximate surface area is 118 Å². The normalized spacial score (nSPS) is 13.1. The van der Waals surface area contributed by atoms with Gasteiger partial charge in [-0.15, -0.1) is 0 Å². The summed E-state index contributed by atoms with van der Waals surface area (Å²) in [5.41, 5.74) is 3.79. The molecule has 2 rings (SSSR count). The van der Waals surface area contributed by atoms with Crippen molar-refractivity contribution in [3.8, 4) is 11.1 Å². The van der Waals surface area contributed by atoms with Crippen LogP contribution in [0, 0.1) is 0 Å². The largest absolute Gasteiger partial charge is 0.295 e. The van der Waals surface area contributed by atoms with E-state index in [0.29, 0.717) is 5.57 Å². The summed E-state index contributed by atoms with van der Waals surface area (Å²) in [6.07, 6.45) is 7.31. The minimum absolute atomic E-state index is 0.216. The molecule has 0 N–H and O–H groups in total. The van der Waals surface area contributed by atoms with Crippen molar-refractivity contribution in [2.24, 2.45) is 0 Å². The van der Waals surface area contributed by atoms with Crippen LogP contribution < -0.4 is 0 Å². The van der Waals surface area contributed by atoms with Crippen molar-refractivity contribution in [2.45, 2.75) is 6.92 Å². The van der Waals surface area contributed by atoms with E-state index in [0.717, 1.165) is 5.56 Å². The quantitative estimate of drug-likeness (QED) is 0.441. The number of carbonyl (C=O) groups excluding carboxylic acids is 1. The topological polar surface area (TPSA) is 17.1 Å². The number of halogens is 1. The third-order valence-electron chi connectivity index (χ3n) is 3.04. The standard InChI is InChI=1S/C18H15FO/c1-14(18(19)13-20)7-5-6-9-16-12-11-15-8-3-2-4-10-17(15)16/h2-13H,1H3/b7-5+,9-6+,18-14-. The second-order valence-electron chi connectivity index (χ2n) is 4.44. The Morgan fingerprint density at radius 1 is 1.05 bits per heavy atom. The smallest absolute Gasteiger partial charge is 0.178 e. The minimum atomic E-state index is -0.736. The fourth-order valence-corrected chi connectivity index (χ4v) is 1.92. The van der Waals surface area contributed by atoms with E-state index in [1.54, 1.807) is 19.1 Å². The van der Waals surface area contributed by atoms with E-state index in [1.807, 2.05) is 36.4 Å². The number of aldehydes is 1. The van der Waals surface area contributed by atoms with Crippen LogP contribution in [0.5, 0.6) is 0 Å². The molecule has 0 aromatic rings. The first-order chi connectivity index (χ1) is 9.72. The van der Waals surface area contributed by atoms with Crippen molar-refractivity contribution in [3.63, 3.8) is 0 Å². The van der Waals surface area contributed by atoms with Crippen LogP contribution in [0.2, 0.25) is 0 Å². The molecule has 0 aromatic carbocycles. The van der Waals surface area contributed by atoms with E-state index in [4.69, 9.17) is 0 Å². The van der Waals surface area contributed by atoms with E-state index in [1.165, 1.54) is 11.1 Å². The number of hydrogen-bond donors (Lipinski definition) is 0. The third-order valence-corrected chi connectivity index (χ3v) is 3.04. The molecule has 0 radical (unpaired) electrons. The average Bonchev–Trinajstić information content (AvgIpc) is 2.70. The highest BCUT2D eigenvalue weighted by atomic mass is 19.1. The van der Waals surface area contributed by atoms with Gasteiger partial charge in [0.2, 0.25) is 0 Å². The maximum Gasteiger partial charge on any atom is 0.178 e. The molecule has 2 heteroatoms. The van der Waals surface area contributed by atoms with E-state index in [-0.39, 0.29) is 6.29 Å². The van der Waals surface area contributed by atoms with Crippen molar-refractivity contribution in [1.29, 1.82) is 0 Å². The molecular weight excluding hydrogens is 251 g/mol. The van der Waals surface area contributed by atoms with Crippen LogP contribution >= 0.6 is 0 Å². The van der Waals surface area contributed by atoms with Crippen LogP contribution in [0.3, 0.4) is 0 Å². The molecule has 0 amide bonds. The molecule has 0 aliphatic heterocycles. The van der Waals surface area contributed by atoms with Crippen LogP contribution in [0.4, 0.5) is 4.39 Å². The minimum Gasteiger partial charge on any atom is -0.295 e. The van der Waals surface area contributed by atoms with Gasteiger partial charge in [-0.3, -0.25) is 4.79 Å². The number of hydrogen-bond acceptors (Lipinski definition) is 1. The van der Waals surface area contributed by atoms with E-state index in [9.17, 15) is 9.18 Å². The highest BCUT2D eigenvalue weighted by Crippen LogP contribution is 2.27. The highest BCUT2D eigenvalue weighted by molar-refractivity contribution is 5.78. The van der Waals surface area contributed by atoms with Gasteiger partial charge >= 0.3 is 0 Å². The monoisotopic (exact) mass is 266 g/mol. The van der Waals surface area contributed by atoms with Crippen molar-refractivity contribution in [2.75, 3.05) is 0 Å². The lowest BCUT2D eigenvalue weighted by molar-refractivity contribution is -0.106. The lowest BCUT2D eigenvalue weighted by Gasteiger charge is -1.94. The van der Waals surface area contributed by atoms with Crippen molar-refractivity contribution in [1.82, 2.24) is 0 Å². The third kappa shape index (κ3) is 3.29. The number of rotatable bonds is 4. The van der Waals surface area contributed by atoms with Crippen LogP contribution in [-0.2, 0) is 4.79 Å². The number of carbonyl (C=O) groups is 1. The maximum absolute atomic E-state index is 12.9. The molecule has 0 fully saturated rings. The molecule has 0 saturated carbocycles. The summed E-state index contributed by atoms with van der Waals surface area (Å²) in [6, 6.07) is 14.2. The zero-order valence-electron chi connectivity index (χ0n) is 11.2. The summed E-state index contributed by atoms with van der Waals surface area (Å²) in [4.78, 5) is 10.3. The Balaban J connectivity index is 2.17. The van der Waals surface area contributed by atoms with Gasteiger partial charge in [0.05, 0.1) is 0 Å². The first kappa shape index (κ1) is 13.9. The van der Waals surface area contributed by atoms with Gasteiger partial charge in [-0.1, -0.05) is 66.8 Å². The molecule has 0 bridgehead atoms. The van der Waals surface area contributed by atoms with Gasteiger partial charge in [-0.25, -0.2) is 4.39 Å². The van der Waals surface area contributed by atoms with E-state index < -0.39 is 5.83 Å². The molecule has 100 valence electrons. The fraction of sp³-hybridized carbons (Fsp3) is 0.0556. The Hall–Kier alpha value is -2.48. The maximum atomic E-state index is 12.9. The molecule has 0 atom stereocenters. The predicted molar refractivity (Wildman–Crippen MR) is 81.1 cm³/mol. The van der Waals surface area contributed by atoms with Crippen molar-refractivity contribution >= 4 is 12.4 Å². The first-order valence-corrected chi connectivity index (χ1v) is 6.36. The van der Waals surface area contributed by atoms with E-state index in [2.05, 4.69) is 18.2 Å². The van der Waals surface area contributed by atoms with Gasteiger partial charge < -0.3 is 0 Å². The van der Waals surface area contributed by atoms with Gasteiger partial charge in [0.1, 0.15) is 0 Å². The van der Waals surface area contributed by atoms with E-state index >= 15 is 0 Å². The molecule has 0 heterocycles. The lowest BCUT2D eigenvalue weighted by Crippen LogP contribution is -1.78. The van der Waals surface area contributed by atoms with Gasteiger partial charge in [-0.2, -0.15) is 0 Å². The SMILES string of the molecule is CC(/C=C/C=C/c1ccc2cccccc1-2)=C(/F)C=O. The second kappa shape index (κ2) is 6.62. The number of fused-ring (bicyclic) bond motifs is 1. The highest BCUT2D eigenvalue weighted by Gasteiger charge is 2.03. The van der Waals surface area contributed by atoms with Crippen LogP contribution in [0.25, 0.3) is 17.2 Å². The van der Waals surface area contributed by atoms with Crippen LogP contribution in [0.15, 0.2) is 72.1 Å². The molecule has 0 unspecified atom stereocenters. The molecule has 20 heavy (non-hydrogen) atoms. The van der Waals surface area contributed by atoms with Gasteiger partial charge in [0.25, 0.3) is 0 Å². The molecular formula is C18H15FO. The van der Waals surface area contributed by atoms with Crippen molar-refractivity contribution in [3.05, 3.63) is 77.7 Å². The zero-order chi connectivity index (χ0) is 14.4. The lowest BCUT2D eigenvalue weighted by atomic mass is 10.1. The van der Waals surface area contributed by atoms with Crippen LogP contribution in [-0.4, -0.2) is 6.29 Å². The Kier molecular flexibility index (Phi) is 4.61. The molecule has 2 aliphatic rings. The first-order valence-electron chi connectivity index (χ1n) is 6.36. The Morgan fingerprint density at radius 3 is 2.65 bits per heavy atom. The van der Waals surface area contributed by atoms with Gasteiger partial charge in [0, 0.05) is 0 Å². The summed E-state index contributed by atoms with van der Waals surface area (Å²) in [6.45, 7) is 1.56. The molecule has 0 saturated heterocycles. The predicted octanol–water partition coefficient (Wildman–Crippen LogP) is 4.80. The molecule has 0 aromatic heterocycles. The molecule has 2 aliphatic carbocycles. The average molecular weight is 266 g/mol. The Bertz CT molecular complexity index is 665. The van der Waals surface area contributed by atoms with Crippen LogP contribution in [0.1, 0.15) is 12.5 Å². The summed E-state index contributed by atoms with van der Waals surface area (Å²) in [5.74, 6) is -0.736. The van der Waals surface area contributed by atoms with Gasteiger partial charge in [-0.05, 0) is 29.2 Å². The second-order valence-corrected chi connectivity index (χ2v) is 4.44. The van der Waals surface area contributed by atoms with Crippen molar-refractivity contribution < 1.29 is 9.18 Å². The molecule has 0 spiro atoms. The zero-order valence-corrected chi connectivity index (χ0v) is 11.2.